The Balaban J connectivity index is 1.53. The van der Waals surface area contributed by atoms with Gasteiger partial charge in [0.25, 0.3) is 0 Å². The van der Waals surface area contributed by atoms with E-state index in [4.69, 9.17) is 0 Å². The van der Waals surface area contributed by atoms with Crippen LogP contribution in [-0.2, 0) is 0 Å². The Kier molecular flexibility index (Phi) is 5.07. The van der Waals surface area contributed by atoms with Gasteiger partial charge >= 0.3 is 0 Å². The maximum absolute atomic E-state index is 9.81. The number of aliphatic hydroxyl groups excluding tert-OH is 1. The molecule has 0 aromatic heterocycles. The van der Waals surface area contributed by atoms with Crippen LogP contribution in [0.3, 0.4) is 0 Å². The first-order valence-electron chi connectivity index (χ1n) is 7.00. The Morgan fingerprint density at radius 2 is 1.81 bits per heavy atom. The predicted octanol–water partition coefficient (Wildman–Crippen LogP) is 1.37. The number of aliphatic hydroxyl groups is 1. The van der Waals surface area contributed by atoms with Crippen LogP contribution in [0.25, 0.3) is 0 Å². The highest BCUT2D eigenvalue weighted by molar-refractivity contribution is 4.80. The fourth-order valence-electron chi connectivity index (χ4n) is 2.95. The number of hydrogen-bond donors (Lipinski definition) is 2. The Bertz CT molecular complexity index is 192. The second-order valence-corrected chi connectivity index (χ2v) is 5.31. The van der Waals surface area contributed by atoms with Gasteiger partial charge in [-0.1, -0.05) is 12.8 Å². The standard InChI is InChI=1S/C13H26N2O/c16-13-7-2-1-6-12(13)14-8-5-11-15-9-3-4-10-15/h12-14,16H,1-11H2. The molecule has 1 saturated heterocycles. The quantitative estimate of drug-likeness (QED) is 0.695. The number of likely N-dealkylation sites (tertiary alicyclic amines) is 1. The molecule has 0 spiro atoms. The SMILES string of the molecule is OC1CCCCC1NCCCN1CCCC1. The van der Waals surface area contributed by atoms with Crippen LogP contribution in [0, 0.1) is 0 Å². The molecule has 16 heavy (non-hydrogen) atoms. The van der Waals surface area contributed by atoms with Gasteiger partial charge in [0.2, 0.25) is 0 Å². The molecule has 0 aromatic rings. The molecule has 0 aromatic carbocycles. The summed E-state index contributed by atoms with van der Waals surface area (Å²) >= 11 is 0. The van der Waals surface area contributed by atoms with Crippen molar-refractivity contribution in [2.45, 2.75) is 57.1 Å². The van der Waals surface area contributed by atoms with Crippen LogP contribution >= 0.6 is 0 Å². The van der Waals surface area contributed by atoms with Crippen LogP contribution in [0.1, 0.15) is 44.9 Å². The molecule has 2 atom stereocenters. The Morgan fingerprint density at radius 1 is 1.06 bits per heavy atom. The third-order valence-corrected chi connectivity index (χ3v) is 3.99. The van der Waals surface area contributed by atoms with Crippen molar-refractivity contribution >= 4 is 0 Å². The van der Waals surface area contributed by atoms with Gasteiger partial charge in [0, 0.05) is 6.04 Å². The highest BCUT2D eigenvalue weighted by atomic mass is 16.3. The average molecular weight is 226 g/mol. The monoisotopic (exact) mass is 226 g/mol. The molecule has 3 heteroatoms. The Morgan fingerprint density at radius 3 is 2.56 bits per heavy atom. The highest BCUT2D eigenvalue weighted by Crippen LogP contribution is 2.18. The van der Waals surface area contributed by atoms with Crippen LogP contribution in [0.2, 0.25) is 0 Å². The minimum absolute atomic E-state index is 0.0967. The lowest BCUT2D eigenvalue weighted by Gasteiger charge is -2.28. The van der Waals surface area contributed by atoms with E-state index in [1.165, 1.54) is 51.7 Å². The van der Waals surface area contributed by atoms with Gasteiger partial charge in [0.05, 0.1) is 6.10 Å². The van der Waals surface area contributed by atoms with Gasteiger partial charge in [-0.25, -0.2) is 0 Å². The first-order chi connectivity index (χ1) is 7.86. The van der Waals surface area contributed by atoms with Gasteiger partial charge in [0.1, 0.15) is 0 Å². The second kappa shape index (κ2) is 6.58. The number of rotatable bonds is 5. The van der Waals surface area contributed by atoms with Crippen molar-refractivity contribution < 1.29 is 5.11 Å². The topological polar surface area (TPSA) is 35.5 Å². The van der Waals surface area contributed by atoms with Crippen molar-refractivity contribution in [2.75, 3.05) is 26.2 Å². The normalized spacial score (nSPS) is 32.1. The van der Waals surface area contributed by atoms with E-state index in [9.17, 15) is 5.11 Å². The van der Waals surface area contributed by atoms with Crippen molar-refractivity contribution in [1.29, 1.82) is 0 Å². The summed E-state index contributed by atoms with van der Waals surface area (Å²) in [5.74, 6) is 0. The van der Waals surface area contributed by atoms with E-state index in [-0.39, 0.29) is 6.10 Å². The summed E-state index contributed by atoms with van der Waals surface area (Å²) in [5, 5.41) is 13.3. The summed E-state index contributed by atoms with van der Waals surface area (Å²) in [6.45, 7) is 4.89. The van der Waals surface area contributed by atoms with E-state index in [1.807, 2.05) is 0 Å². The third kappa shape index (κ3) is 3.72. The minimum atomic E-state index is -0.0967. The molecule has 0 bridgehead atoms. The van der Waals surface area contributed by atoms with Crippen LogP contribution in [-0.4, -0.2) is 48.3 Å². The summed E-state index contributed by atoms with van der Waals surface area (Å²) in [7, 11) is 0. The van der Waals surface area contributed by atoms with E-state index in [1.54, 1.807) is 0 Å². The summed E-state index contributed by atoms with van der Waals surface area (Å²) < 4.78 is 0. The molecule has 2 N–H and O–H groups in total. The predicted molar refractivity (Wildman–Crippen MR) is 66.6 cm³/mol. The van der Waals surface area contributed by atoms with Crippen molar-refractivity contribution in [2.24, 2.45) is 0 Å². The molecule has 2 aliphatic rings. The van der Waals surface area contributed by atoms with Crippen molar-refractivity contribution in [3.05, 3.63) is 0 Å². The van der Waals surface area contributed by atoms with Gasteiger partial charge in [0.15, 0.2) is 0 Å². The van der Waals surface area contributed by atoms with Gasteiger partial charge in [-0.2, -0.15) is 0 Å². The maximum atomic E-state index is 9.81. The minimum Gasteiger partial charge on any atom is -0.392 e. The molecular formula is C13H26N2O. The van der Waals surface area contributed by atoms with E-state index >= 15 is 0 Å². The Labute approximate surface area is 99.2 Å². The van der Waals surface area contributed by atoms with E-state index in [2.05, 4.69) is 10.2 Å². The molecule has 1 heterocycles. The molecule has 1 saturated carbocycles. The van der Waals surface area contributed by atoms with Crippen LogP contribution in [0.5, 0.6) is 0 Å². The van der Waals surface area contributed by atoms with Crippen molar-refractivity contribution in [1.82, 2.24) is 10.2 Å². The van der Waals surface area contributed by atoms with Crippen LogP contribution < -0.4 is 5.32 Å². The Hall–Kier alpha value is -0.120. The number of nitrogens with one attached hydrogen (secondary N) is 1. The average Bonchev–Trinajstić information content (AvgIpc) is 2.79. The lowest BCUT2D eigenvalue weighted by Crippen LogP contribution is -2.42. The molecular weight excluding hydrogens is 200 g/mol. The molecule has 2 unspecified atom stereocenters. The zero-order chi connectivity index (χ0) is 11.2. The molecule has 3 nitrogen and oxygen atoms in total. The van der Waals surface area contributed by atoms with Gasteiger partial charge < -0.3 is 15.3 Å². The largest absolute Gasteiger partial charge is 0.392 e. The van der Waals surface area contributed by atoms with Gasteiger partial charge in [-0.15, -0.1) is 0 Å². The molecule has 2 fully saturated rings. The van der Waals surface area contributed by atoms with Crippen LogP contribution in [0.4, 0.5) is 0 Å². The fraction of sp³-hybridized carbons (Fsp3) is 1.00. The second-order valence-electron chi connectivity index (χ2n) is 5.31. The fourth-order valence-corrected chi connectivity index (χ4v) is 2.95. The highest BCUT2D eigenvalue weighted by Gasteiger charge is 2.21. The summed E-state index contributed by atoms with van der Waals surface area (Å²) in [6, 6.07) is 0.368. The lowest BCUT2D eigenvalue weighted by molar-refractivity contribution is 0.0906. The number of nitrogens with zero attached hydrogens (tertiary/aromatic N) is 1. The van der Waals surface area contributed by atoms with Crippen molar-refractivity contribution in [3.63, 3.8) is 0 Å². The van der Waals surface area contributed by atoms with Crippen molar-refractivity contribution in [3.8, 4) is 0 Å². The molecule has 0 radical (unpaired) electrons. The smallest absolute Gasteiger partial charge is 0.0693 e. The molecule has 1 aliphatic heterocycles. The first-order valence-corrected chi connectivity index (χ1v) is 7.00. The summed E-state index contributed by atoms with van der Waals surface area (Å²) in [6.07, 6.45) is 8.52. The molecule has 1 aliphatic carbocycles. The maximum Gasteiger partial charge on any atom is 0.0693 e. The summed E-state index contributed by atoms with van der Waals surface area (Å²) in [5.41, 5.74) is 0. The van der Waals surface area contributed by atoms with E-state index in [0.29, 0.717) is 6.04 Å². The van der Waals surface area contributed by atoms with E-state index < -0.39 is 0 Å². The van der Waals surface area contributed by atoms with Crippen LogP contribution in [0.15, 0.2) is 0 Å². The van der Waals surface area contributed by atoms with Gasteiger partial charge in [-0.05, 0) is 58.3 Å². The third-order valence-electron chi connectivity index (χ3n) is 3.99. The zero-order valence-electron chi connectivity index (χ0n) is 10.3. The molecule has 94 valence electrons. The van der Waals surface area contributed by atoms with Gasteiger partial charge in [-0.3, -0.25) is 0 Å². The first kappa shape index (κ1) is 12.3. The molecule has 0 amide bonds. The van der Waals surface area contributed by atoms with E-state index in [0.717, 1.165) is 19.4 Å². The lowest BCUT2D eigenvalue weighted by atomic mass is 9.92. The molecule has 2 rings (SSSR count). The summed E-state index contributed by atoms with van der Waals surface area (Å²) in [4.78, 5) is 2.55. The number of hydrogen-bond acceptors (Lipinski definition) is 3. The zero-order valence-corrected chi connectivity index (χ0v) is 10.3.